The van der Waals surface area contributed by atoms with E-state index >= 15 is 0 Å². The lowest BCUT2D eigenvalue weighted by atomic mass is 10.2. The third-order valence-corrected chi connectivity index (χ3v) is 4.26. The lowest BCUT2D eigenvalue weighted by Gasteiger charge is -2.14. The minimum Gasteiger partial charge on any atom is -0.449 e. The van der Waals surface area contributed by atoms with Crippen LogP contribution in [0.1, 0.15) is 28.7 Å². The molecule has 0 saturated carbocycles. The largest absolute Gasteiger partial charge is 0.449 e. The molecule has 1 amide bonds. The number of ether oxygens (including phenoxy) is 1. The molecule has 29 heavy (non-hydrogen) atoms. The van der Waals surface area contributed by atoms with Gasteiger partial charge in [-0.1, -0.05) is 0 Å². The van der Waals surface area contributed by atoms with Crippen LogP contribution in [0.25, 0.3) is 11.0 Å². The van der Waals surface area contributed by atoms with Crippen LogP contribution in [0.4, 0.5) is 18.9 Å². The summed E-state index contributed by atoms with van der Waals surface area (Å²) in [7, 11) is 0. The smallest absolute Gasteiger partial charge is 0.338 e. The van der Waals surface area contributed by atoms with E-state index in [4.69, 9.17) is 4.74 Å². The topological polar surface area (TPSA) is 81.2 Å². The van der Waals surface area contributed by atoms with Gasteiger partial charge in [0.1, 0.15) is 0 Å². The maximum absolute atomic E-state index is 13.7. The van der Waals surface area contributed by atoms with Crippen molar-refractivity contribution in [2.45, 2.75) is 26.9 Å². The van der Waals surface area contributed by atoms with E-state index in [0.29, 0.717) is 22.8 Å². The number of amides is 1. The second-order valence-corrected chi connectivity index (χ2v) is 6.36. The van der Waals surface area contributed by atoms with Crippen LogP contribution in [-0.4, -0.2) is 27.9 Å². The zero-order valence-corrected chi connectivity index (χ0v) is 15.7. The van der Waals surface area contributed by atoms with E-state index in [1.54, 1.807) is 13.0 Å². The summed E-state index contributed by atoms with van der Waals surface area (Å²) >= 11 is 0. The number of halogens is 3. The number of anilines is 1. The molecule has 1 N–H and O–H groups in total. The fourth-order valence-electron chi connectivity index (χ4n) is 2.50. The molecule has 0 radical (unpaired) electrons. The Hall–Kier alpha value is -3.49. The van der Waals surface area contributed by atoms with E-state index in [1.165, 1.54) is 19.1 Å². The van der Waals surface area contributed by atoms with Crippen molar-refractivity contribution < 1.29 is 27.5 Å². The molecule has 150 valence electrons. The average Bonchev–Trinajstić information content (AvgIpc) is 2.68. The molecule has 1 atom stereocenters. The molecule has 9 heteroatoms. The summed E-state index contributed by atoms with van der Waals surface area (Å²) in [5.74, 6) is -6.36. The highest BCUT2D eigenvalue weighted by Gasteiger charge is 2.22. The first-order valence-corrected chi connectivity index (χ1v) is 8.57. The van der Waals surface area contributed by atoms with Gasteiger partial charge in [-0.25, -0.2) is 27.9 Å². The van der Waals surface area contributed by atoms with Crippen LogP contribution in [0.15, 0.2) is 30.3 Å². The Morgan fingerprint density at radius 1 is 0.966 bits per heavy atom. The summed E-state index contributed by atoms with van der Waals surface area (Å²) in [6.45, 7) is 4.87. The minimum absolute atomic E-state index is 0.147. The van der Waals surface area contributed by atoms with Gasteiger partial charge in [-0.15, -0.1) is 0 Å². The van der Waals surface area contributed by atoms with Crippen molar-refractivity contribution in [3.05, 3.63) is 64.7 Å². The van der Waals surface area contributed by atoms with Gasteiger partial charge in [-0.2, -0.15) is 0 Å². The van der Waals surface area contributed by atoms with Crippen molar-refractivity contribution in [2.24, 2.45) is 0 Å². The minimum atomic E-state index is -1.71. The fourth-order valence-corrected chi connectivity index (χ4v) is 2.50. The first kappa shape index (κ1) is 20.2. The number of nitrogens with zero attached hydrogens (tertiary/aromatic N) is 2. The van der Waals surface area contributed by atoms with Crippen molar-refractivity contribution in [3.8, 4) is 0 Å². The third kappa shape index (κ3) is 4.18. The number of esters is 1. The highest BCUT2D eigenvalue weighted by Crippen LogP contribution is 2.20. The van der Waals surface area contributed by atoms with Crippen molar-refractivity contribution in [3.63, 3.8) is 0 Å². The van der Waals surface area contributed by atoms with Gasteiger partial charge in [-0.3, -0.25) is 4.79 Å². The number of aromatic nitrogens is 2. The van der Waals surface area contributed by atoms with Crippen LogP contribution in [0, 0.1) is 31.3 Å². The Bertz CT molecular complexity index is 1130. The Morgan fingerprint density at radius 2 is 1.62 bits per heavy atom. The summed E-state index contributed by atoms with van der Waals surface area (Å²) in [5, 5.41) is 2.06. The Balaban J connectivity index is 1.73. The Morgan fingerprint density at radius 3 is 2.31 bits per heavy atom. The van der Waals surface area contributed by atoms with Crippen LogP contribution in [0.5, 0.6) is 0 Å². The maximum Gasteiger partial charge on any atom is 0.338 e. The van der Waals surface area contributed by atoms with Crippen LogP contribution < -0.4 is 5.32 Å². The molecule has 0 bridgehead atoms. The Kier molecular flexibility index (Phi) is 5.49. The standard InChI is InChI=1S/C20H16F3N3O3/c1-9-10(2)25-16-8-12(4-6-14(16)24-9)20(28)29-11(3)19(27)26-15-7-5-13(21)17(22)18(15)23/h4-8,11H,1-3H3,(H,26,27)/t11-/m1/s1. The first-order chi connectivity index (χ1) is 13.7. The predicted octanol–water partition coefficient (Wildman–Crippen LogP) is 3.85. The van der Waals surface area contributed by atoms with Gasteiger partial charge in [0.25, 0.3) is 5.91 Å². The first-order valence-electron chi connectivity index (χ1n) is 8.57. The predicted molar refractivity (Wildman–Crippen MR) is 98.8 cm³/mol. The van der Waals surface area contributed by atoms with Crippen LogP contribution in [0.3, 0.4) is 0 Å². The second-order valence-electron chi connectivity index (χ2n) is 6.36. The summed E-state index contributed by atoms with van der Waals surface area (Å²) in [6.07, 6.45) is -1.32. The highest BCUT2D eigenvalue weighted by atomic mass is 19.2. The summed E-state index contributed by atoms with van der Waals surface area (Å²) in [4.78, 5) is 33.2. The van der Waals surface area contributed by atoms with E-state index < -0.39 is 41.1 Å². The molecule has 0 aliphatic rings. The molecule has 3 aromatic rings. The summed E-state index contributed by atoms with van der Waals surface area (Å²) < 4.78 is 45.0. The average molecular weight is 403 g/mol. The number of benzene rings is 2. The lowest BCUT2D eigenvalue weighted by Crippen LogP contribution is -2.30. The molecule has 1 aromatic heterocycles. The monoisotopic (exact) mass is 403 g/mol. The molecule has 0 saturated heterocycles. The molecule has 0 aliphatic heterocycles. The van der Waals surface area contributed by atoms with Crippen LogP contribution >= 0.6 is 0 Å². The van der Waals surface area contributed by atoms with E-state index in [9.17, 15) is 22.8 Å². The number of hydrogen-bond acceptors (Lipinski definition) is 5. The molecule has 0 aliphatic carbocycles. The fraction of sp³-hybridized carbons (Fsp3) is 0.200. The number of aryl methyl sites for hydroxylation is 2. The molecule has 6 nitrogen and oxygen atoms in total. The van der Waals surface area contributed by atoms with E-state index in [-0.39, 0.29) is 5.56 Å². The number of rotatable bonds is 4. The van der Waals surface area contributed by atoms with Gasteiger partial charge < -0.3 is 10.1 Å². The molecule has 2 aromatic carbocycles. The molecular formula is C20H16F3N3O3. The molecule has 0 unspecified atom stereocenters. The SMILES string of the molecule is Cc1nc2ccc(C(=O)O[C@H](C)C(=O)Nc3ccc(F)c(F)c3F)cc2nc1C. The second kappa shape index (κ2) is 7.86. The van der Waals surface area contributed by atoms with Gasteiger partial charge >= 0.3 is 5.97 Å². The number of fused-ring (bicyclic) bond motifs is 1. The quantitative estimate of drug-likeness (QED) is 0.529. The normalized spacial score (nSPS) is 11.9. The molecule has 1 heterocycles. The van der Waals surface area contributed by atoms with E-state index in [0.717, 1.165) is 11.8 Å². The van der Waals surface area contributed by atoms with E-state index in [1.807, 2.05) is 6.92 Å². The molecule has 3 rings (SSSR count). The van der Waals surface area contributed by atoms with Gasteiger partial charge in [0, 0.05) is 0 Å². The number of hydrogen-bond donors (Lipinski definition) is 1. The van der Waals surface area contributed by atoms with Gasteiger partial charge in [-0.05, 0) is 51.1 Å². The van der Waals surface area contributed by atoms with Gasteiger partial charge in [0.2, 0.25) is 0 Å². The van der Waals surface area contributed by atoms with E-state index in [2.05, 4.69) is 15.3 Å². The zero-order valence-electron chi connectivity index (χ0n) is 15.7. The van der Waals surface area contributed by atoms with Crippen molar-refractivity contribution >= 4 is 28.6 Å². The number of carbonyl (C=O) groups is 2. The highest BCUT2D eigenvalue weighted by molar-refractivity contribution is 5.98. The van der Waals surface area contributed by atoms with Crippen molar-refractivity contribution in [2.75, 3.05) is 5.32 Å². The van der Waals surface area contributed by atoms with Gasteiger partial charge in [0.15, 0.2) is 23.6 Å². The summed E-state index contributed by atoms with van der Waals surface area (Å²) in [5.41, 5.74) is 2.15. The maximum atomic E-state index is 13.7. The molecular weight excluding hydrogens is 387 g/mol. The molecule has 0 spiro atoms. The third-order valence-electron chi connectivity index (χ3n) is 4.26. The zero-order chi connectivity index (χ0) is 21.3. The number of nitrogens with one attached hydrogen (secondary N) is 1. The van der Waals surface area contributed by atoms with Crippen LogP contribution in [0.2, 0.25) is 0 Å². The lowest BCUT2D eigenvalue weighted by molar-refractivity contribution is -0.123. The number of carbonyl (C=O) groups excluding carboxylic acids is 2. The molecule has 0 fully saturated rings. The Labute approximate surface area is 163 Å². The van der Waals surface area contributed by atoms with Crippen molar-refractivity contribution in [1.82, 2.24) is 9.97 Å². The summed E-state index contributed by atoms with van der Waals surface area (Å²) in [6, 6.07) is 6.11. The van der Waals surface area contributed by atoms with Gasteiger partial charge in [0.05, 0.1) is 33.7 Å². The van der Waals surface area contributed by atoms with Crippen LogP contribution in [-0.2, 0) is 9.53 Å². The van der Waals surface area contributed by atoms with Crippen molar-refractivity contribution in [1.29, 1.82) is 0 Å².